The monoisotopic (exact) mass is 276 g/mol. The lowest BCUT2D eigenvalue weighted by atomic mass is 10.2. The Kier molecular flexibility index (Phi) is 4.53. The maximum absolute atomic E-state index is 3.98. The second-order valence-electron chi connectivity index (χ2n) is 2.62. The van der Waals surface area contributed by atoms with E-state index in [0.29, 0.717) is 0 Å². The van der Waals surface area contributed by atoms with Crippen molar-refractivity contribution in [3.63, 3.8) is 0 Å². The lowest BCUT2D eigenvalue weighted by molar-refractivity contribution is 0.339. The zero-order valence-electron chi connectivity index (χ0n) is 7.20. The molecule has 0 aliphatic heterocycles. The summed E-state index contributed by atoms with van der Waals surface area (Å²) < 4.78 is 1.08. The van der Waals surface area contributed by atoms with E-state index in [-0.39, 0.29) is 0 Å². The van der Waals surface area contributed by atoms with E-state index in [1.54, 1.807) is 0 Å². The molecule has 0 atom stereocenters. The lowest BCUT2D eigenvalue weighted by Crippen LogP contribution is -2.20. The molecular weight excluding hydrogens is 263 g/mol. The average molecular weight is 276 g/mol. The second kappa shape index (κ2) is 5.48. The van der Waals surface area contributed by atoms with Gasteiger partial charge in [0.25, 0.3) is 0 Å². The van der Waals surface area contributed by atoms with Crippen molar-refractivity contribution in [3.05, 3.63) is 30.1 Å². The van der Waals surface area contributed by atoms with Gasteiger partial charge in [-0.1, -0.05) is 29.5 Å². The first-order valence-corrected chi connectivity index (χ1v) is 5.56. The average Bonchev–Trinajstić information content (AvgIpc) is 2.16. The van der Waals surface area contributed by atoms with E-state index in [0.717, 1.165) is 17.6 Å². The van der Waals surface area contributed by atoms with Crippen molar-refractivity contribution < 1.29 is 0 Å². The number of alkyl halides is 1. The fourth-order valence-electron chi connectivity index (χ4n) is 0.985. The van der Waals surface area contributed by atoms with Gasteiger partial charge in [0.1, 0.15) is 0 Å². The first-order valence-electron chi connectivity index (χ1n) is 4.04. The molecule has 0 aromatic carbocycles. The van der Waals surface area contributed by atoms with Crippen LogP contribution in [-0.4, -0.2) is 21.0 Å². The number of hydrogen-bond donors (Lipinski definition) is 0. The molecule has 0 aliphatic carbocycles. The molecule has 0 radical (unpaired) electrons. The van der Waals surface area contributed by atoms with Gasteiger partial charge in [0, 0.05) is 18.9 Å². The van der Waals surface area contributed by atoms with Gasteiger partial charge < -0.3 is 0 Å². The molecule has 66 valence electrons. The Morgan fingerprint density at radius 1 is 1.42 bits per heavy atom. The lowest BCUT2D eigenvalue weighted by Gasteiger charge is -2.16. The molecule has 12 heavy (non-hydrogen) atoms. The van der Waals surface area contributed by atoms with E-state index in [9.17, 15) is 0 Å². The minimum Gasteiger partial charge on any atom is -0.290 e. The smallest absolute Gasteiger partial charge is 0.0509 e. The Labute approximate surface area is 87.1 Å². The predicted octanol–water partition coefficient (Wildman–Crippen LogP) is 2.30. The molecule has 0 bridgehead atoms. The predicted molar refractivity (Wildman–Crippen MR) is 59.2 cm³/mol. The van der Waals surface area contributed by atoms with Crippen LogP contribution < -0.4 is 0 Å². The van der Waals surface area contributed by atoms with Crippen LogP contribution in [-0.2, 0) is 6.54 Å². The molecule has 0 saturated carbocycles. The summed E-state index contributed by atoms with van der Waals surface area (Å²) in [5.74, 6) is 0. The van der Waals surface area contributed by atoms with Gasteiger partial charge in [0.05, 0.1) is 4.55 Å². The van der Waals surface area contributed by atoms with E-state index < -0.39 is 0 Å². The molecule has 0 amide bonds. The van der Waals surface area contributed by atoms with Gasteiger partial charge in [0.2, 0.25) is 0 Å². The van der Waals surface area contributed by atoms with Crippen LogP contribution in [0.4, 0.5) is 0 Å². The first-order chi connectivity index (χ1) is 5.86. The minimum atomic E-state index is 1.03. The Balaban J connectivity index is 2.51. The van der Waals surface area contributed by atoms with Gasteiger partial charge in [-0.3, -0.25) is 9.88 Å². The van der Waals surface area contributed by atoms with Crippen molar-refractivity contribution in [1.29, 1.82) is 0 Å². The zero-order chi connectivity index (χ0) is 8.81. The molecule has 1 aromatic rings. The summed E-state index contributed by atoms with van der Waals surface area (Å²) in [6, 6.07) is 4.13. The van der Waals surface area contributed by atoms with E-state index in [4.69, 9.17) is 0 Å². The molecule has 0 fully saturated rings. The van der Waals surface area contributed by atoms with Crippen LogP contribution in [0.25, 0.3) is 0 Å². The second-order valence-corrected chi connectivity index (χ2v) is 3.30. The molecule has 2 nitrogen and oxygen atoms in total. The standard InChI is InChI=1S/C9H13IN2/c1-2-12(8-10)7-9-3-5-11-6-4-9/h3-6H,2,7-8H2,1H3. The summed E-state index contributed by atoms with van der Waals surface area (Å²) in [4.78, 5) is 6.35. The van der Waals surface area contributed by atoms with Gasteiger partial charge in [-0.2, -0.15) is 0 Å². The summed E-state index contributed by atoms with van der Waals surface area (Å²) in [5.41, 5.74) is 1.34. The summed E-state index contributed by atoms with van der Waals surface area (Å²) in [6.45, 7) is 4.31. The Morgan fingerprint density at radius 2 is 2.08 bits per heavy atom. The third-order valence-electron chi connectivity index (χ3n) is 1.77. The number of nitrogens with zero attached hydrogens (tertiary/aromatic N) is 2. The van der Waals surface area contributed by atoms with E-state index in [1.165, 1.54) is 5.56 Å². The highest BCUT2D eigenvalue weighted by atomic mass is 127. The van der Waals surface area contributed by atoms with Gasteiger partial charge >= 0.3 is 0 Å². The molecule has 1 heterocycles. The summed E-state index contributed by atoms with van der Waals surface area (Å²) in [5, 5.41) is 0. The van der Waals surface area contributed by atoms with Gasteiger partial charge in [0.15, 0.2) is 0 Å². The number of aromatic nitrogens is 1. The molecule has 1 rings (SSSR count). The van der Waals surface area contributed by atoms with Crippen LogP contribution >= 0.6 is 22.6 Å². The number of hydrogen-bond acceptors (Lipinski definition) is 2. The van der Waals surface area contributed by atoms with Crippen molar-refractivity contribution in [2.24, 2.45) is 0 Å². The van der Waals surface area contributed by atoms with Gasteiger partial charge in [-0.05, 0) is 24.2 Å². The highest BCUT2D eigenvalue weighted by Crippen LogP contribution is 2.03. The third kappa shape index (κ3) is 3.06. The molecule has 0 saturated heterocycles. The van der Waals surface area contributed by atoms with Crippen molar-refractivity contribution >= 4 is 22.6 Å². The van der Waals surface area contributed by atoms with Crippen LogP contribution in [0.5, 0.6) is 0 Å². The van der Waals surface area contributed by atoms with Crippen LogP contribution in [0.2, 0.25) is 0 Å². The fourth-order valence-corrected chi connectivity index (χ4v) is 1.71. The largest absolute Gasteiger partial charge is 0.290 e. The maximum Gasteiger partial charge on any atom is 0.0509 e. The number of rotatable bonds is 4. The van der Waals surface area contributed by atoms with E-state index in [2.05, 4.69) is 51.5 Å². The summed E-state index contributed by atoms with van der Waals surface area (Å²) in [7, 11) is 0. The first kappa shape index (κ1) is 9.92. The highest BCUT2D eigenvalue weighted by molar-refractivity contribution is 14.1. The van der Waals surface area contributed by atoms with Crippen LogP contribution in [0.15, 0.2) is 24.5 Å². The molecule has 1 aromatic heterocycles. The molecule has 0 N–H and O–H groups in total. The van der Waals surface area contributed by atoms with Gasteiger partial charge in [-0.25, -0.2) is 0 Å². The third-order valence-corrected chi connectivity index (χ3v) is 2.74. The van der Waals surface area contributed by atoms with E-state index in [1.807, 2.05) is 12.4 Å². The molecule has 0 unspecified atom stereocenters. The Morgan fingerprint density at radius 3 is 2.58 bits per heavy atom. The van der Waals surface area contributed by atoms with E-state index >= 15 is 0 Å². The molecule has 0 aliphatic rings. The zero-order valence-corrected chi connectivity index (χ0v) is 9.36. The van der Waals surface area contributed by atoms with Crippen molar-refractivity contribution in [2.75, 3.05) is 11.1 Å². The van der Waals surface area contributed by atoms with Crippen molar-refractivity contribution in [3.8, 4) is 0 Å². The Bertz CT molecular complexity index is 209. The number of pyridine rings is 1. The summed E-state index contributed by atoms with van der Waals surface area (Å²) in [6.07, 6.45) is 3.69. The minimum absolute atomic E-state index is 1.03. The molecular formula is C9H13IN2. The normalized spacial score (nSPS) is 10.6. The van der Waals surface area contributed by atoms with Crippen molar-refractivity contribution in [2.45, 2.75) is 13.5 Å². The van der Waals surface area contributed by atoms with Crippen LogP contribution in [0.1, 0.15) is 12.5 Å². The fraction of sp³-hybridized carbons (Fsp3) is 0.444. The SMILES string of the molecule is CCN(CI)Cc1ccncc1. The van der Waals surface area contributed by atoms with Gasteiger partial charge in [-0.15, -0.1) is 0 Å². The van der Waals surface area contributed by atoms with Crippen LogP contribution in [0, 0.1) is 0 Å². The topological polar surface area (TPSA) is 16.1 Å². The molecule has 0 spiro atoms. The van der Waals surface area contributed by atoms with Crippen LogP contribution in [0.3, 0.4) is 0 Å². The quantitative estimate of drug-likeness (QED) is 0.476. The summed E-state index contributed by atoms with van der Waals surface area (Å²) >= 11 is 2.39. The van der Waals surface area contributed by atoms with Crippen molar-refractivity contribution in [1.82, 2.24) is 9.88 Å². The molecule has 3 heteroatoms. The maximum atomic E-state index is 3.98. The number of halogens is 1. The highest BCUT2D eigenvalue weighted by Gasteiger charge is 1.99. The Hall–Kier alpha value is -0.160.